The lowest BCUT2D eigenvalue weighted by Gasteiger charge is -2.39. The van der Waals surface area contributed by atoms with Crippen LogP contribution in [0.2, 0.25) is 0 Å². The van der Waals surface area contributed by atoms with E-state index in [9.17, 15) is 70.4 Å². The van der Waals surface area contributed by atoms with Gasteiger partial charge in [0.1, 0.15) is 0 Å². The Hall–Kier alpha value is -0.990. The maximum Gasteiger partial charge on any atom is 0.591 e. The smallest absolute Gasteiger partial charge is 0.192 e. The Kier molecular flexibility index (Phi) is 5.53. The minimum Gasteiger partial charge on any atom is -0.192 e. The van der Waals surface area contributed by atoms with Crippen LogP contribution in [0.3, 0.4) is 0 Å². The summed E-state index contributed by atoms with van der Waals surface area (Å²) in [6.45, 7) is 0. The summed E-state index contributed by atoms with van der Waals surface area (Å²) in [5.41, 5.74) is -7.10. The Morgan fingerprint density at radius 1 is 0.480 bits per heavy atom. The highest BCUT2D eigenvalue weighted by Crippen LogP contribution is 2.64. The summed E-state index contributed by atoms with van der Waals surface area (Å²) in [6.07, 6.45) is -7.68. The van der Waals surface area contributed by atoms with Crippen molar-refractivity contribution in [3.05, 3.63) is 0 Å². The molecule has 0 bridgehead atoms. The summed E-state index contributed by atoms with van der Waals surface area (Å²) < 4.78 is 197. The van der Waals surface area contributed by atoms with Crippen molar-refractivity contribution in [3.63, 3.8) is 0 Å². The molecule has 0 heterocycles. The molecule has 0 aliphatic heterocycles. The van der Waals surface area contributed by atoms with Gasteiger partial charge in [-0.05, 0) is 4.57 Å². The van der Waals surface area contributed by atoms with Crippen LogP contribution >= 0.6 is 8.03 Å². The fourth-order valence-electron chi connectivity index (χ4n) is 1.08. The summed E-state index contributed by atoms with van der Waals surface area (Å²) in [5.74, 6) is -41.1. The molecule has 0 aliphatic rings. The van der Waals surface area contributed by atoms with Gasteiger partial charge in [0.25, 0.3) is 0 Å². The van der Waals surface area contributed by atoms with Gasteiger partial charge in [-0.25, -0.2) is 0 Å². The SMILES string of the molecule is O=[P+](O)C(F)(F)C(F)(F)C(F)(F)C(F)(F)C(F)(F)C(F)(F)C(F)(F)F. The molecule has 1 N–H and O–H groups in total. The van der Waals surface area contributed by atoms with Crippen molar-refractivity contribution in [2.24, 2.45) is 0 Å². The maximum atomic E-state index is 12.8. The Bertz CT molecular complexity index is 534. The predicted octanol–water partition coefficient (Wildman–Crippen LogP) is 5.05. The lowest BCUT2D eigenvalue weighted by atomic mass is 9.94. The molecule has 150 valence electrons. The zero-order valence-electron chi connectivity index (χ0n) is 10.5. The van der Waals surface area contributed by atoms with Gasteiger partial charge < -0.3 is 0 Å². The van der Waals surface area contributed by atoms with Crippen molar-refractivity contribution in [1.29, 1.82) is 0 Å². The largest absolute Gasteiger partial charge is 0.591 e. The molecule has 0 saturated heterocycles. The normalized spacial score (nSPS) is 16.9. The first kappa shape index (κ1) is 24.0. The van der Waals surface area contributed by atoms with E-state index >= 15 is 0 Å². The molecule has 2 nitrogen and oxygen atoms in total. The summed E-state index contributed by atoms with van der Waals surface area (Å²) >= 11 is 0. The molecule has 0 saturated carbocycles. The zero-order chi connectivity index (χ0) is 21.1. The van der Waals surface area contributed by atoms with Crippen molar-refractivity contribution in [1.82, 2.24) is 0 Å². The summed E-state index contributed by atoms with van der Waals surface area (Å²) in [4.78, 5) is 7.72. The van der Waals surface area contributed by atoms with Gasteiger partial charge in [-0.3, -0.25) is 0 Å². The number of hydrogen-bond acceptors (Lipinski definition) is 1. The number of hydrogen-bond donors (Lipinski definition) is 1. The molecule has 25 heavy (non-hydrogen) atoms. The number of alkyl halides is 15. The lowest BCUT2D eigenvalue weighted by molar-refractivity contribution is -0.448. The van der Waals surface area contributed by atoms with E-state index in [1.807, 2.05) is 0 Å². The van der Waals surface area contributed by atoms with Gasteiger partial charge in [0.2, 0.25) is 0 Å². The first-order valence-electron chi connectivity index (χ1n) is 4.94. The Morgan fingerprint density at radius 2 is 0.720 bits per heavy atom. The molecule has 0 aliphatic carbocycles. The highest BCUT2D eigenvalue weighted by atomic mass is 31.1. The molecule has 0 spiro atoms. The minimum atomic E-state index is -8.45. The zero-order valence-corrected chi connectivity index (χ0v) is 11.4. The van der Waals surface area contributed by atoms with Crippen LogP contribution in [-0.2, 0) is 4.57 Å². The van der Waals surface area contributed by atoms with E-state index < -0.39 is 49.5 Å². The first-order chi connectivity index (χ1) is 10.4. The van der Waals surface area contributed by atoms with E-state index in [1.165, 1.54) is 0 Å². The predicted molar refractivity (Wildman–Crippen MR) is 45.6 cm³/mol. The van der Waals surface area contributed by atoms with Crippen molar-refractivity contribution in [2.45, 2.75) is 41.5 Å². The molecule has 0 radical (unpaired) electrons. The second kappa shape index (κ2) is 5.76. The third-order valence-corrected chi connectivity index (χ3v) is 3.31. The van der Waals surface area contributed by atoms with Crippen LogP contribution in [-0.4, -0.2) is 46.3 Å². The quantitative estimate of drug-likeness (QED) is 0.471. The molecule has 18 heteroatoms. The van der Waals surface area contributed by atoms with Crippen molar-refractivity contribution in [3.8, 4) is 0 Å². The van der Waals surface area contributed by atoms with Gasteiger partial charge in [-0.1, -0.05) is 0 Å². The fourth-order valence-corrected chi connectivity index (χ4v) is 1.46. The molecule has 1 atom stereocenters. The second-order valence-electron chi connectivity index (χ2n) is 4.18. The van der Waals surface area contributed by atoms with E-state index in [0.717, 1.165) is 0 Å². The van der Waals surface area contributed by atoms with Gasteiger partial charge in [-0.15, -0.1) is 8.78 Å². The van der Waals surface area contributed by atoms with Crippen LogP contribution in [0, 0.1) is 0 Å². The second-order valence-corrected chi connectivity index (χ2v) is 5.29. The van der Waals surface area contributed by atoms with Gasteiger partial charge in [0, 0.05) is 0 Å². The van der Waals surface area contributed by atoms with Crippen molar-refractivity contribution in [2.75, 3.05) is 0 Å². The maximum absolute atomic E-state index is 12.8. The molecule has 0 fully saturated rings. The van der Waals surface area contributed by atoms with Crippen LogP contribution in [0.15, 0.2) is 0 Å². The average molecular weight is 433 g/mol. The Labute approximate surface area is 126 Å². The third-order valence-electron chi connectivity index (χ3n) is 2.55. The molecular formula is C7HF15O2P+. The Balaban J connectivity index is 6.55. The van der Waals surface area contributed by atoms with Crippen LogP contribution in [0.4, 0.5) is 65.9 Å². The van der Waals surface area contributed by atoms with Crippen LogP contribution in [0.5, 0.6) is 0 Å². The summed E-state index contributed by atoms with van der Waals surface area (Å²) in [7, 11) is -5.83. The van der Waals surface area contributed by atoms with Gasteiger partial charge >= 0.3 is 49.5 Å². The average Bonchev–Trinajstić information content (AvgIpc) is 2.35. The van der Waals surface area contributed by atoms with Gasteiger partial charge in [-0.2, -0.15) is 62.0 Å². The highest BCUT2D eigenvalue weighted by molar-refractivity contribution is 7.39. The molecule has 1 unspecified atom stereocenters. The first-order valence-corrected chi connectivity index (χ1v) is 6.15. The summed E-state index contributed by atoms with van der Waals surface area (Å²) in [6, 6.07) is 0. The molecule has 0 aromatic carbocycles. The number of rotatable bonds is 6. The van der Waals surface area contributed by atoms with Crippen LogP contribution < -0.4 is 0 Å². The van der Waals surface area contributed by atoms with E-state index in [4.69, 9.17) is 4.89 Å². The Morgan fingerprint density at radius 3 is 0.960 bits per heavy atom. The van der Waals surface area contributed by atoms with Crippen molar-refractivity contribution >= 4 is 8.03 Å². The summed E-state index contributed by atoms with van der Waals surface area (Å²) in [5, 5.41) is 0. The van der Waals surface area contributed by atoms with E-state index in [-0.39, 0.29) is 0 Å². The third kappa shape index (κ3) is 2.92. The minimum absolute atomic E-state index is 5.83. The molecular weight excluding hydrogens is 432 g/mol. The van der Waals surface area contributed by atoms with Gasteiger partial charge in [0.15, 0.2) is 0 Å². The molecule has 0 aromatic heterocycles. The highest BCUT2D eigenvalue weighted by Gasteiger charge is 2.96. The van der Waals surface area contributed by atoms with Crippen LogP contribution in [0.25, 0.3) is 0 Å². The monoisotopic (exact) mass is 433 g/mol. The standard InChI is InChI=1S/C7F15O2P/c8-1(9,2(10,11)4(14,15)6(18,19)20)3(12,13)5(16,17)7(21,22)25(23)24/p+1. The van der Waals surface area contributed by atoms with E-state index in [2.05, 4.69) is 0 Å². The fraction of sp³-hybridized carbons (Fsp3) is 1.00. The molecule has 0 aromatic rings. The topological polar surface area (TPSA) is 37.3 Å². The molecule has 0 rings (SSSR count). The molecule has 0 amide bonds. The van der Waals surface area contributed by atoms with Crippen LogP contribution in [0.1, 0.15) is 0 Å². The lowest BCUT2D eigenvalue weighted by Crippen LogP contribution is -2.72. The van der Waals surface area contributed by atoms with Crippen molar-refractivity contribution < 1.29 is 75.3 Å². The van der Waals surface area contributed by atoms with Gasteiger partial charge in [0.05, 0.1) is 0 Å². The number of halogens is 15. The van der Waals surface area contributed by atoms with E-state index in [1.54, 1.807) is 0 Å². The van der Waals surface area contributed by atoms with E-state index in [0.29, 0.717) is 0 Å².